The molecule has 3 heteroatoms. The van der Waals surface area contributed by atoms with Gasteiger partial charge in [-0.2, -0.15) is 0 Å². The van der Waals surface area contributed by atoms with Crippen LogP contribution in [0.15, 0.2) is 91.0 Å². The molecule has 1 aliphatic heterocycles. The summed E-state index contributed by atoms with van der Waals surface area (Å²) in [5.41, 5.74) is 3.41. The first kappa shape index (κ1) is 17.5. The molecule has 0 aliphatic carbocycles. The Hall–Kier alpha value is -2.91. The zero-order chi connectivity index (χ0) is 18.5. The van der Waals surface area contributed by atoms with Gasteiger partial charge in [-0.25, -0.2) is 0 Å². The van der Waals surface area contributed by atoms with Crippen LogP contribution in [0.3, 0.4) is 0 Å². The highest BCUT2D eigenvalue weighted by Gasteiger charge is 2.40. The van der Waals surface area contributed by atoms with Gasteiger partial charge < -0.3 is 4.74 Å². The summed E-state index contributed by atoms with van der Waals surface area (Å²) in [6.07, 6.45) is 0.837. The number of hydrogen-bond acceptors (Lipinski definition) is 3. The quantitative estimate of drug-likeness (QED) is 0.604. The maximum absolute atomic E-state index is 12.7. The molecule has 1 heterocycles. The second-order valence-corrected chi connectivity index (χ2v) is 6.86. The van der Waals surface area contributed by atoms with E-state index in [1.54, 1.807) is 0 Å². The first-order chi connectivity index (χ1) is 13.3. The topological polar surface area (TPSA) is 29.5 Å². The van der Waals surface area contributed by atoms with Gasteiger partial charge in [0.15, 0.2) is 0 Å². The molecule has 136 valence electrons. The maximum atomic E-state index is 12.7. The van der Waals surface area contributed by atoms with Crippen molar-refractivity contribution in [3.05, 3.63) is 108 Å². The summed E-state index contributed by atoms with van der Waals surface area (Å²) in [7, 11) is 0. The Kier molecular flexibility index (Phi) is 5.31. The molecule has 3 nitrogen and oxygen atoms in total. The Morgan fingerprint density at radius 2 is 1.37 bits per heavy atom. The lowest BCUT2D eigenvalue weighted by atomic mass is 9.90. The number of rotatable bonds is 6. The Morgan fingerprint density at radius 1 is 0.852 bits per heavy atom. The van der Waals surface area contributed by atoms with Gasteiger partial charge in [0.1, 0.15) is 12.6 Å². The molecule has 1 saturated heterocycles. The minimum absolute atomic E-state index is 0.0652. The maximum Gasteiger partial charge on any atom is 0.323 e. The summed E-state index contributed by atoms with van der Waals surface area (Å²) in [5.74, 6) is -0.137. The molecule has 1 atom stereocenters. The second kappa shape index (κ2) is 8.19. The van der Waals surface area contributed by atoms with Crippen LogP contribution in [0.25, 0.3) is 0 Å². The van der Waals surface area contributed by atoms with E-state index in [-0.39, 0.29) is 18.1 Å². The molecular formula is C24H23NO2. The molecule has 27 heavy (non-hydrogen) atoms. The second-order valence-electron chi connectivity index (χ2n) is 6.86. The van der Waals surface area contributed by atoms with E-state index in [1.165, 1.54) is 11.1 Å². The van der Waals surface area contributed by atoms with E-state index >= 15 is 0 Å². The molecule has 1 aliphatic rings. The van der Waals surface area contributed by atoms with Gasteiger partial charge in [-0.3, -0.25) is 9.69 Å². The molecule has 1 fully saturated rings. The van der Waals surface area contributed by atoms with Crippen molar-refractivity contribution in [3.8, 4) is 0 Å². The van der Waals surface area contributed by atoms with Crippen LogP contribution in [0.2, 0.25) is 0 Å². The monoisotopic (exact) mass is 357 g/mol. The Balaban J connectivity index is 1.51. The van der Waals surface area contributed by atoms with Crippen LogP contribution < -0.4 is 0 Å². The van der Waals surface area contributed by atoms with Crippen LogP contribution in [0.1, 0.15) is 29.2 Å². The normalized spacial score (nSPS) is 16.7. The van der Waals surface area contributed by atoms with E-state index in [2.05, 4.69) is 29.2 Å². The third-order valence-corrected chi connectivity index (χ3v) is 5.12. The predicted octanol–water partition coefficient (Wildman–Crippen LogP) is 4.59. The molecule has 3 aromatic rings. The van der Waals surface area contributed by atoms with Crippen molar-refractivity contribution in [2.45, 2.75) is 25.1 Å². The minimum Gasteiger partial charge on any atom is -0.460 e. The van der Waals surface area contributed by atoms with Crippen LogP contribution in [0.5, 0.6) is 0 Å². The standard InChI is InChI=1S/C24H23NO2/c26-24(27-18-19-10-4-1-5-11-19)22-16-17-25(22)23(20-12-6-2-7-13-20)21-14-8-3-9-15-21/h1-15,22-23H,16-18H2/t22-/m0/s1. The van der Waals surface area contributed by atoms with Crippen LogP contribution in [-0.4, -0.2) is 23.5 Å². The summed E-state index contributed by atoms with van der Waals surface area (Å²) in [6, 6.07) is 30.4. The van der Waals surface area contributed by atoms with Crippen LogP contribution in [-0.2, 0) is 16.1 Å². The lowest BCUT2D eigenvalue weighted by molar-refractivity contribution is -0.157. The minimum atomic E-state index is -0.195. The van der Waals surface area contributed by atoms with E-state index in [0.29, 0.717) is 6.61 Å². The summed E-state index contributed by atoms with van der Waals surface area (Å²) in [6.45, 7) is 1.21. The smallest absolute Gasteiger partial charge is 0.323 e. The van der Waals surface area contributed by atoms with Gasteiger partial charge in [0.2, 0.25) is 0 Å². The van der Waals surface area contributed by atoms with Gasteiger partial charge in [-0.15, -0.1) is 0 Å². The molecule has 0 radical (unpaired) electrons. The lowest BCUT2D eigenvalue weighted by Crippen LogP contribution is -2.54. The molecule has 0 aromatic heterocycles. The van der Waals surface area contributed by atoms with E-state index in [9.17, 15) is 4.79 Å². The number of hydrogen-bond donors (Lipinski definition) is 0. The van der Waals surface area contributed by atoms with E-state index < -0.39 is 0 Å². The highest BCUT2D eigenvalue weighted by Crippen LogP contribution is 2.36. The van der Waals surface area contributed by atoms with Gasteiger partial charge in [-0.1, -0.05) is 91.0 Å². The molecule has 0 amide bonds. The zero-order valence-electron chi connectivity index (χ0n) is 15.2. The Bertz CT molecular complexity index is 825. The number of ether oxygens (including phenoxy) is 1. The van der Waals surface area contributed by atoms with Gasteiger partial charge in [0, 0.05) is 6.54 Å². The summed E-state index contributed by atoms with van der Waals surface area (Å²) in [4.78, 5) is 15.0. The van der Waals surface area contributed by atoms with Crippen molar-refractivity contribution in [2.24, 2.45) is 0 Å². The average molecular weight is 357 g/mol. The molecule has 0 bridgehead atoms. The van der Waals surface area contributed by atoms with Crippen LogP contribution in [0, 0.1) is 0 Å². The fourth-order valence-corrected chi connectivity index (χ4v) is 3.64. The van der Waals surface area contributed by atoms with Gasteiger partial charge in [0.05, 0.1) is 6.04 Å². The molecule has 4 rings (SSSR count). The van der Waals surface area contributed by atoms with Crippen molar-refractivity contribution in [2.75, 3.05) is 6.54 Å². The fourth-order valence-electron chi connectivity index (χ4n) is 3.64. The molecular weight excluding hydrogens is 334 g/mol. The van der Waals surface area contributed by atoms with Crippen LogP contribution >= 0.6 is 0 Å². The van der Waals surface area contributed by atoms with Crippen molar-refractivity contribution in [1.82, 2.24) is 4.90 Å². The highest BCUT2D eigenvalue weighted by molar-refractivity contribution is 5.77. The van der Waals surface area contributed by atoms with Gasteiger partial charge >= 0.3 is 5.97 Å². The summed E-state index contributed by atoms with van der Waals surface area (Å²) < 4.78 is 5.60. The summed E-state index contributed by atoms with van der Waals surface area (Å²) in [5, 5.41) is 0. The molecule has 3 aromatic carbocycles. The zero-order valence-corrected chi connectivity index (χ0v) is 15.2. The average Bonchev–Trinajstić information content (AvgIpc) is 2.71. The third-order valence-electron chi connectivity index (χ3n) is 5.12. The van der Waals surface area contributed by atoms with Crippen molar-refractivity contribution in [1.29, 1.82) is 0 Å². The molecule has 0 N–H and O–H groups in total. The number of benzene rings is 3. The molecule has 0 saturated carbocycles. The number of likely N-dealkylation sites (tertiary alicyclic amines) is 1. The number of carbonyl (C=O) groups excluding carboxylic acids is 1. The number of carbonyl (C=O) groups is 1. The fraction of sp³-hybridized carbons (Fsp3) is 0.208. The predicted molar refractivity (Wildman–Crippen MR) is 106 cm³/mol. The van der Waals surface area contributed by atoms with E-state index in [4.69, 9.17) is 4.74 Å². The first-order valence-corrected chi connectivity index (χ1v) is 9.39. The van der Waals surface area contributed by atoms with Gasteiger partial charge in [-0.05, 0) is 23.1 Å². The Labute approximate surface area is 160 Å². The van der Waals surface area contributed by atoms with E-state index in [0.717, 1.165) is 18.5 Å². The molecule has 0 unspecified atom stereocenters. The lowest BCUT2D eigenvalue weighted by Gasteiger charge is -2.44. The SMILES string of the molecule is O=C(OCc1ccccc1)[C@@H]1CCN1C(c1ccccc1)c1ccccc1. The highest BCUT2D eigenvalue weighted by atomic mass is 16.5. The number of nitrogens with zero attached hydrogens (tertiary/aromatic N) is 1. The summed E-state index contributed by atoms with van der Waals surface area (Å²) >= 11 is 0. The van der Waals surface area contributed by atoms with E-state index in [1.807, 2.05) is 66.7 Å². The van der Waals surface area contributed by atoms with Crippen molar-refractivity contribution < 1.29 is 9.53 Å². The Morgan fingerprint density at radius 3 is 1.85 bits per heavy atom. The largest absolute Gasteiger partial charge is 0.460 e. The third kappa shape index (κ3) is 3.93. The number of esters is 1. The van der Waals surface area contributed by atoms with Gasteiger partial charge in [0.25, 0.3) is 0 Å². The van der Waals surface area contributed by atoms with Crippen LogP contribution in [0.4, 0.5) is 0 Å². The molecule has 0 spiro atoms. The van der Waals surface area contributed by atoms with Crippen molar-refractivity contribution >= 4 is 5.97 Å². The van der Waals surface area contributed by atoms with Crippen molar-refractivity contribution in [3.63, 3.8) is 0 Å². The first-order valence-electron chi connectivity index (χ1n) is 9.39.